The average molecular weight is 282 g/mol. The van der Waals surface area contributed by atoms with Crippen LogP contribution in [0.15, 0.2) is 0 Å². The van der Waals surface area contributed by atoms with Gasteiger partial charge in [0.1, 0.15) is 0 Å². The molecular formula is C16H30N2O2. The Bertz CT molecular complexity index is 295. The van der Waals surface area contributed by atoms with Crippen molar-refractivity contribution >= 4 is 5.97 Å². The zero-order valence-electron chi connectivity index (χ0n) is 12.9. The van der Waals surface area contributed by atoms with Gasteiger partial charge < -0.3 is 10.0 Å². The van der Waals surface area contributed by atoms with E-state index in [9.17, 15) is 4.79 Å². The topological polar surface area (TPSA) is 43.8 Å². The predicted molar refractivity (Wildman–Crippen MR) is 80.9 cm³/mol. The van der Waals surface area contributed by atoms with Crippen LogP contribution in [0.2, 0.25) is 0 Å². The van der Waals surface area contributed by atoms with Crippen molar-refractivity contribution < 1.29 is 9.90 Å². The van der Waals surface area contributed by atoms with Crippen LogP contribution in [0.25, 0.3) is 0 Å². The molecular weight excluding hydrogens is 252 g/mol. The molecule has 0 bridgehead atoms. The third-order valence-corrected chi connectivity index (χ3v) is 5.13. The van der Waals surface area contributed by atoms with Crippen LogP contribution in [0.3, 0.4) is 0 Å². The largest absolute Gasteiger partial charge is 0.480 e. The summed E-state index contributed by atoms with van der Waals surface area (Å²) in [7, 11) is 1.94. The SMILES string of the molecule is CN(CC(=O)O)C1CCN(CCCC2CCCC2)CC1. The van der Waals surface area contributed by atoms with Gasteiger partial charge in [0, 0.05) is 6.04 Å². The average Bonchev–Trinajstić information content (AvgIpc) is 2.92. The summed E-state index contributed by atoms with van der Waals surface area (Å²) >= 11 is 0. The van der Waals surface area contributed by atoms with E-state index >= 15 is 0 Å². The molecule has 1 saturated heterocycles. The molecule has 1 heterocycles. The normalized spacial score (nSPS) is 22.7. The molecule has 1 aliphatic carbocycles. The molecule has 0 unspecified atom stereocenters. The van der Waals surface area contributed by atoms with E-state index in [2.05, 4.69) is 4.90 Å². The van der Waals surface area contributed by atoms with Gasteiger partial charge in [-0.25, -0.2) is 0 Å². The first-order chi connectivity index (χ1) is 9.65. The molecule has 1 saturated carbocycles. The van der Waals surface area contributed by atoms with Crippen molar-refractivity contribution in [1.29, 1.82) is 0 Å². The fraction of sp³-hybridized carbons (Fsp3) is 0.938. The zero-order valence-corrected chi connectivity index (χ0v) is 12.9. The highest BCUT2D eigenvalue weighted by molar-refractivity contribution is 5.69. The Hall–Kier alpha value is -0.610. The first-order valence-corrected chi connectivity index (χ1v) is 8.29. The van der Waals surface area contributed by atoms with Crippen LogP contribution in [-0.2, 0) is 4.79 Å². The highest BCUT2D eigenvalue weighted by Crippen LogP contribution is 2.28. The number of carboxylic acids is 1. The Morgan fingerprint density at radius 1 is 1.20 bits per heavy atom. The number of hydrogen-bond donors (Lipinski definition) is 1. The molecule has 0 radical (unpaired) electrons. The smallest absolute Gasteiger partial charge is 0.317 e. The summed E-state index contributed by atoms with van der Waals surface area (Å²) in [6.07, 6.45) is 10.8. The van der Waals surface area contributed by atoms with Crippen LogP contribution < -0.4 is 0 Å². The van der Waals surface area contributed by atoms with Crippen molar-refractivity contribution in [2.75, 3.05) is 33.2 Å². The van der Waals surface area contributed by atoms with Crippen LogP contribution >= 0.6 is 0 Å². The van der Waals surface area contributed by atoms with Crippen LogP contribution in [-0.4, -0.2) is 60.1 Å². The predicted octanol–water partition coefficient (Wildman–Crippen LogP) is 2.44. The fourth-order valence-corrected chi connectivity index (χ4v) is 3.83. The van der Waals surface area contributed by atoms with E-state index in [1.807, 2.05) is 11.9 Å². The molecule has 20 heavy (non-hydrogen) atoms. The maximum absolute atomic E-state index is 10.7. The molecule has 0 aromatic carbocycles. The Morgan fingerprint density at radius 3 is 2.45 bits per heavy atom. The number of aliphatic carboxylic acids is 1. The van der Waals surface area contributed by atoms with E-state index in [-0.39, 0.29) is 6.54 Å². The molecule has 1 aliphatic heterocycles. The van der Waals surface area contributed by atoms with Crippen LogP contribution in [0.5, 0.6) is 0 Å². The summed E-state index contributed by atoms with van der Waals surface area (Å²) in [6, 6.07) is 0.456. The van der Waals surface area contributed by atoms with E-state index in [0.717, 1.165) is 31.8 Å². The molecule has 0 atom stereocenters. The second-order valence-corrected chi connectivity index (χ2v) is 6.67. The third-order valence-electron chi connectivity index (χ3n) is 5.13. The number of likely N-dealkylation sites (N-methyl/N-ethyl adjacent to an activating group) is 1. The Kier molecular flexibility index (Phi) is 6.30. The van der Waals surface area contributed by atoms with Gasteiger partial charge in [-0.15, -0.1) is 0 Å². The van der Waals surface area contributed by atoms with Gasteiger partial charge in [-0.3, -0.25) is 9.69 Å². The number of carbonyl (C=O) groups is 1. The summed E-state index contributed by atoms with van der Waals surface area (Å²) in [6.45, 7) is 3.69. The van der Waals surface area contributed by atoms with E-state index in [0.29, 0.717) is 6.04 Å². The van der Waals surface area contributed by atoms with E-state index in [4.69, 9.17) is 5.11 Å². The number of hydrogen-bond acceptors (Lipinski definition) is 3. The summed E-state index contributed by atoms with van der Waals surface area (Å²) in [5.41, 5.74) is 0. The van der Waals surface area contributed by atoms with E-state index in [1.54, 1.807) is 0 Å². The molecule has 2 fully saturated rings. The lowest BCUT2D eigenvalue weighted by atomic mass is 10.00. The van der Waals surface area contributed by atoms with Crippen molar-refractivity contribution in [2.45, 2.75) is 57.4 Å². The Labute approximate surface area is 123 Å². The molecule has 4 heteroatoms. The molecule has 1 N–H and O–H groups in total. The van der Waals surface area contributed by atoms with Crippen molar-refractivity contribution in [2.24, 2.45) is 5.92 Å². The van der Waals surface area contributed by atoms with Gasteiger partial charge in [0.2, 0.25) is 0 Å². The lowest BCUT2D eigenvalue weighted by molar-refractivity contribution is -0.138. The van der Waals surface area contributed by atoms with Gasteiger partial charge >= 0.3 is 5.97 Å². The minimum atomic E-state index is -0.716. The van der Waals surface area contributed by atoms with Crippen LogP contribution in [0, 0.1) is 5.92 Å². The van der Waals surface area contributed by atoms with Gasteiger partial charge in [-0.05, 0) is 58.3 Å². The lowest BCUT2D eigenvalue weighted by Gasteiger charge is -2.36. The van der Waals surface area contributed by atoms with Crippen molar-refractivity contribution in [1.82, 2.24) is 9.80 Å². The van der Waals surface area contributed by atoms with E-state index < -0.39 is 5.97 Å². The van der Waals surface area contributed by atoms with Gasteiger partial charge in [0.05, 0.1) is 6.54 Å². The lowest BCUT2D eigenvalue weighted by Crippen LogP contribution is -2.45. The number of likely N-dealkylation sites (tertiary alicyclic amines) is 1. The van der Waals surface area contributed by atoms with Crippen LogP contribution in [0.1, 0.15) is 51.4 Å². The first kappa shape index (κ1) is 15.8. The Balaban J connectivity index is 1.57. The number of carboxylic acid groups (broad SMARTS) is 1. The number of nitrogens with zero attached hydrogens (tertiary/aromatic N) is 2. The maximum atomic E-state index is 10.7. The minimum absolute atomic E-state index is 0.173. The summed E-state index contributed by atoms with van der Waals surface area (Å²) < 4.78 is 0. The molecule has 0 aromatic rings. The van der Waals surface area contributed by atoms with Gasteiger partial charge in [-0.1, -0.05) is 25.7 Å². The molecule has 0 amide bonds. The van der Waals surface area contributed by atoms with Gasteiger partial charge in [0.25, 0.3) is 0 Å². The van der Waals surface area contributed by atoms with Gasteiger partial charge in [-0.2, -0.15) is 0 Å². The molecule has 2 rings (SSSR count). The monoisotopic (exact) mass is 282 g/mol. The van der Waals surface area contributed by atoms with Crippen LogP contribution in [0.4, 0.5) is 0 Å². The van der Waals surface area contributed by atoms with Crippen molar-refractivity contribution in [3.8, 4) is 0 Å². The first-order valence-electron chi connectivity index (χ1n) is 8.29. The highest BCUT2D eigenvalue weighted by Gasteiger charge is 2.23. The maximum Gasteiger partial charge on any atom is 0.317 e. The molecule has 116 valence electrons. The molecule has 4 nitrogen and oxygen atoms in total. The van der Waals surface area contributed by atoms with E-state index in [1.165, 1.54) is 45.1 Å². The molecule has 0 aromatic heterocycles. The summed E-state index contributed by atoms with van der Waals surface area (Å²) in [5.74, 6) is 0.292. The number of piperidine rings is 1. The standard InChI is InChI=1S/C16H30N2O2/c1-17(13-16(19)20)15-8-11-18(12-9-15)10-4-7-14-5-2-3-6-14/h14-15H,2-13H2,1H3,(H,19,20). The minimum Gasteiger partial charge on any atom is -0.480 e. The summed E-state index contributed by atoms with van der Waals surface area (Å²) in [4.78, 5) is 15.3. The quantitative estimate of drug-likeness (QED) is 0.779. The van der Waals surface area contributed by atoms with Crippen molar-refractivity contribution in [3.63, 3.8) is 0 Å². The van der Waals surface area contributed by atoms with Crippen molar-refractivity contribution in [3.05, 3.63) is 0 Å². The summed E-state index contributed by atoms with van der Waals surface area (Å²) in [5, 5.41) is 8.83. The molecule has 0 spiro atoms. The Morgan fingerprint density at radius 2 is 1.85 bits per heavy atom. The van der Waals surface area contributed by atoms with Gasteiger partial charge in [0.15, 0.2) is 0 Å². The molecule has 2 aliphatic rings. The third kappa shape index (κ3) is 5.06. The fourth-order valence-electron chi connectivity index (χ4n) is 3.83. The second-order valence-electron chi connectivity index (χ2n) is 6.67. The zero-order chi connectivity index (χ0) is 14.4. The highest BCUT2D eigenvalue weighted by atomic mass is 16.4. The number of rotatable bonds is 7. The second kappa shape index (κ2) is 7.99.